The van der Waals surface area contributed by atoms with Crippen molar-refractivity contribution in [3.63, 3.8) is 0 Å². The van der Waals surface area contributed by atoms with Gasteiger partial charge in [0.25, 0.3) is 0 Å². The number of methoxy groups -OCH3 is 2. The smallest absolute Gasteiger partial charge is 0.246 e. The van der Waals surface area contributed by atoms with Crippen LogP contribution in [0.3, 0.4) is 0 Å². The van der Waals surface area contributed by atoms with Crippen molar-refractivity contribution in [1.82, 2.24) is 4.90 Å². The molecule has 0 saturated heterocycles. The molecule has 26 heavy (non-hydrogen) atoms. The largest absolute Gasteiger partial charge is 0.493 e. The molecule has 2 aromatic carbocycles. The second-order valence-corrected chi connectivity index (χ2v) is 6.69. The molecule has 0 aromatic heterocycles. The number of hydrogen-bond acceptors (Lipinski definition) is 4. The third-order valence-corrected chi connectivity index (χ3v) is 4.84. The van der Waals surface area contributed by atoms with Gasteiger partial charge < -0.3 is 14.4 Å². The predicted octanol–water partition coefficient (Wildman–Crippen LogP) is 4.14. The van der Waals surface area contributed by atoms with Gasteiger partial charge >= 0.3 is 0 Å². The van der Waals surface area contributed by atoms with E-state index in [1.54, 1.807) is 37.0 Å². The van der Waals surface area contributed by atoms with Crippen LogP contribution in [0.1, 0.15) is 11.1 Å². The highest BCUT2D eigenvalue weighted by Crippen LogP contribution is 2.27. The molecule has 0 N–H and O–H groups in total. The maximum Gasteiger partial charge on any atom is 0.246 e. The molecule has 0 spiro atoms. The van der Waals surface area contributed by atoms with E-state index in [4.69, 9.17) is 9.47 Å². The average Bonchev–Trinajstić information content (AvgIpc) is 2.70. The van der Waals surface area contributed by atoms with Crippen molar-refractivity contribution >= 4 is 23.7 Å². The van der Waals surface area contributed by atoms with E-state index in [1.165, 1.54) is 4.90 Å². The van der Waals surface area contributed by atoms with Crippen molar-refractivity contribution < 1.29 is 14.3 Å². The van der Waals surface area contributed by atoms with Crippen LogP contribution >= 0.6 is 11.8 Å². The number of rotatable bonds is 8. The van der Waals surface area contributed by atoms with Gasteiger partial charge in [-0.15, -0.1) is 11.8 Å². The van der Waals surface area contributed by atoms with Crippen LogP contribution in [0.2, 0.25) is 0 Å². The minimum atomic E-state index is -0.0144. The van der Waals surface area contributed by atoms with E-state index in [9.17, 15) is 4.79 Å². The summed E-state index contributed by atoms with van der Waals surface area (Å²) < 4.78 is 10.6. The highest BCUT2D eigenvalue weighted by atomic mass is 32.2. The van der Waals surface area contributed by atoms with Gasteiger partial charge in [0.2, 0.25) is 5.91 Å². The average molecular weight is 372 g/mol. The quantitative estimate of drug-likeness (QED) is 0.516. The van der Waals surface area contributed by atoms with Crippen molar-refractivity contribution in [3.05, 3.63) is 59.7 Å². The molecule has 0 saturated carbocycles. The molecule has 0 heterocycles. The van der Waals surface area contributed by atoms with Crippen molar-refractivity contribution in [3.8, 4) is 11.5 Å². The van der Waals surface area contributed by atoms with Crippen molar-refractivity contribution in [2.24, 2.45) is 0 Å². The first-order valence-electron chi connectivity index (χ1n) is 8.35. The Labute approximate surface area is 159 Å². The van der Waals surface area contributed by atoms with Gasteiger partial charge in [-0.05, 0) is 54.1 Å². The number of ether oxygens (including phenoxy) is 2. The summed E-state index contributed by atoms with van der Waals surface area (Å²) >= 11 is 1.70. The normalized spacial score (nSPS) is 10.8. The van der Waals surface area contributed by atoms with Gasteiger partial charge in [-0.1, -0.05) is 18.2 Å². The third-order valence-electron chi connectivity index (χ3n) is 4.09. The van der Waals surface area contributed by atoms with Crippen molar-refractivity contribution in [2.45, 2.75) is 11.3 Å². The van der Waals surface area contributed by atoms with E-state index in [0.29, 0.717) is 18.0 Å². The number of hydrogen-bond donors (Lipinski definition) is 0. The fraction of sp³-hybridized carbons (Fsp3) is 0.286. The number of likely N-dealkylation sites (N-methyl/N-ethyl adjacent to an activating group) is 1. The first kappa shape index (κ1) is 19.9. The van der Waals surface area contributed by atoms with Gasteiger partial charge in [0.05, 0.1) is 14.2 Å². The number of benzene rings is 2. The zero-order chi connectivity index (χ0) is 18.9. The first-order valence-corrected chi connectivity index (χ1v) is 9.58. The van der Waals surface area contributed by atoms with Gasteiger partial charge in [0.1, 0.15) is 0 Å². The molecule has 0 radical (unpaired) electrons. The number of nitrogens with zero attached hydrogens (tertiary/aromatic N) is 1. The summed E-state index contributed by atoms with van der Waals surface area (Å²) in [5, 5.41) is 0. The Morgan fingerprint density at radius 1 is 1.08 bits per heavy atom. The van der Waals surface area contributed by atoms with Crippen LogP contribution in [0.5, 0.6) is 11.5 Å². The van der Waals surface area contributed by atoms with Crippen LogP contribution in [0.4, 0.5) is 0 Å². The van der Waals surface area contributed by atoms with E-state index in [0.717, 1.165) is 17.5 Å². The Morgan fingerprint density at radius 2 is 1.77 bits per heavy atom. The molecule has 2 aromatic rings. The first-order chi connectivity index (χ1) is 12.6. The molecule has 0 bridgehead atoms. The lowest BCUT2D eigenvalue weighted by Crippen LogP contribution is -2.27. The van der Waals surface area contributed by atoms with Gasteiger partial charge in [0, 0.05) is 24.6 Å². The monoisotopic (exact) mass is 371 g/mol. The summed E-state index contributed by atoms with van der Waals surface area (Å²) in [5.41, 5.74) is 2.11. The summed E-state index contributed by atoms with van der Waals surface area (Å²) in [4.78, 5) is 15.2. The molecule has 1 amide bonds. The van der Waals surface area contributed by atoms with Crippen molar-refractivity contribution in [1.29, 1.82) is 0 Å². The highest BCUT2D eigenvalue weighted by molar-refractivity contribution is 7.98. The summed E-state index contributed by atoms with van der Waals surface area (Å²) in [6.45, 7) is 0.629. The van der Waals surface area contributed by atoms with Gasteiger partial charge in [-0.2, -0.15) is 0 Å². The molecule has 0 unspecified atom stereocenters. The van der Waals surface area contributed by atoms with Crippen molar-refractivity contribution in [2.75, 3.05) is 34.1 Å². The molecule has 0 fully saturated rings. The second-order valence-electron chi connectivity index (χ2n) is 5.81. The molecule has 0 aliphatic carbocycles. The topological polar surface area (TPSA) is 38.8 Å². The lowest BCUT2D eigenvalue weighted by molar-refractivity contribution is -0.124. The Morgan fingerprint density at radius 3 is 2.38 bits per heavy atom. The summed E-state index contributed by atoms with van der Waals surface area (Å²) in [6, 6.07) is 13.9. The number of amides is 1. The molecular formula is C21H25NO3S. The maximum absolute atomic E-state index is 12.3. The molecule has 5 heteroatoms. The van der Waals surface area contributed by atoms with Crippen LogP contribution < -0.4 is 9.47 Å². The van der Waals surface area contributed by atoms with E-state index in [-0.39, 0.29) is 5.91 Å². The van der Waals surface area contributed by atoms with E-state index >= 15 is 0 Å². The Kier molecular flexibility index (Phi) is 7.60. The minimum absolute atomic E-state index is 0.0144. The lowest BCUT2D eigenvalue weighted by atomic mass is 10.1. The lowest BCUT2D eigenvalue weighted by Gasteiger charge is -2.16. The summed E-state index contributed by atoms with van der Waals surface area (Å²) in [5.74, 6) is 1.39. The molecule has 2 rings (SSSR count). The van der Waals surface area contributed by atoms with Crippen LogP contribution in [-0.4, -0.2) is 44.9 Å². The molecule has 4 nitrogen and oxygen atoms in total. The maximum atomic E-state index is 12.3. The molecule has 0 atom stereocenters. The zero-order valence-electron chi connectivity index (χ0n) is 15.7. The van der Waals surface area contributed by atoms with Crippen LogP contribution in [0, 0.1) is 0 Å². The minimum Gasteiger partial charge on any atom is -0.493 e. The van der Waals surface area contributed by atoms with Gasteiger partial charge in [-0.3, -0.25) is 4.79 Å². The summed E-state index contributed by atoms with van der Waals surface area (Å²) in [6.07, 6.45) is 6.25. The molecule has 0 aliphatic heterocycles. The Bertz CT molecular complexity index is 756. The number of thioether (sulfide) groups is 1. The van der Waals surface area contributed by atoms with E-state index in [1.807, 2.05) is 49.7 Å². The predicted molar refractivity (Wildman–Crippen MR) is 108 cm³/mol. The zero-order valence-corrected chi connectivity index (χ0v) is 16.5. The second kappa shape index (κ2) is 9.92. The molecule has 138 valence electrons. The fourth-order valence-corrected chi connectivity index (χ4v) is 2.86. The Balaban J connectivity index is 1.91. The van der Waals surface area contributed by atoms with Crippen LogP contribution in [-0.2, 0) is 11.2 Å². The molecule has 0 aliphatic rings. The summed E-state index contributed by atoms with van der Waals surface area (Å²) in [7, 11) is 5.04. The number of carbonyl (C=O) groups excluding carboxylic acids is 1. The Hall–Kier alpha value is -2.40. The standard InChI is InChI=1S/C21H25NO3S/c1-22(14-13-17-7-11-19(24-2)20(15-17)25-3)21(23)12-8-16-5-9-18(26-4)10-6-16/h5-12,15H,13-14H2,1-4H3/b12-8+. The van der Waals surface area contributed by atoms with Gasteiger partial charge in [0.15, 0.2) is 11.5 Å². The highest BCUT2D eigenvalue weighted by Gasteiger charge is 2.08. The van der Waals surface area contributed by atoms with Crippen LogP contribution in [0.25, 0.3) is 6.08 Å². The number of carbonyl (C=O) groups is 1. The third kappa shape index (κ3) is 5.56. The van der Waals surface area contributed by atoms with E-state index < -0.39 is 0 Å². The molecular weight excluding hydrogens is 346 g/mol. The fourth-order valence-electron chi connectivity index (χ4n) is 2.45. The van der Waals surface area contributed by atoms with E-state index in [2.05, 4.69) is 12.1 Å². The van der Waals surface area contributed by atoms with Gasteiger partial charge in [-0.25, -0.2) is 0 Å². The SMILES string of the molecule is COc1ccc(CCN(C)C(=O)/C=C/c2ccc(SC)cc2)cc1OC. The van der Waals surface area contributed by atoms with Crippen LogP contribution in [0.15, 0.2) is 53.4 Å².